The Morgan fingerprint density at radius 3 is 2.13 bits per heavy atom. The summed E-state index contributed by atoms with van der Waals surface area (Å²) in [4.78, 5) is 2.65. The largest absolute Gasteiger partial charge is 0.385 e. The summed E-state index contributed by atoms with van der Waals surface area (Å²) in [6.07, 6.45) is 7.03. The average molecular weight is 400 g/mol. The fraction of sp³-hybridized carbons (Fsp3) is 0.429. The van der Waals surface area contributed by atoms with E-state index in [4.69, 9.17) is 0 Å². The maximum absolute atomic E-state index is 12.2. The summed E-state index contributed by atoms with van der Waals surface area (Å²) in [5, 5.41) is 14.5. The van der Waals surface area contributed by atoms with Crippen LogP contribution in [0.25, 0.3) is 10.8 Å². The summed E-state index contributed by atoms with van der Waals surface area (Å²) in [5.74, 6) is 1.73. The van der Waals surface area contributed by atoms with Gasteiger partial charge in [0, 0.05) is 26.1 Å². The van der Waals surface area contributed by atoms with Crippen LogP contribution in [-0.4, -0.2) is 29.6 Å². The smallest absolute Gasteiger partial charge is 0.0954 e. The van der Waals surface area contributed by atoms with Gasteiger partial charge >= 0.3 is 0 Å². The Labute approximate surface area is 180 Å². The van der Waals surface area contributed by atoms with Crippen molar-refractivity contribution in [1.82, 2.24) is 4.90 Å². The van der Waals surface area contributed by atoms with E-state index in [0.717, 1.165) is 30.4 Å². The molecule has 3 aliphatic rings. The van der Waals surface area contributed by atoms with Gasteiger partial charge in [-0.05, 0) is 65.8 Å². The van der Waals surface area contributed by atoms with Crippen molar-refractivity contribution in [3.05, 3.63) is 83.9 Å². The summed E-state index contributed by atoms with van der Waals surface area (Å²) < 4.78 is 0. The van der Waals surface area contributed by atoms with Crippen molar-refractivity contribution >= 4 is 10.8 Å². The third-order valence-electron chi connectivity index (χ3n) is 7.47. The lowest BCUT2D eigenvalue weighted by atomic mass is 9.81. The van der Waals surface area contributed by atoms with Crippen LogP contribution in [0.15, 0.2) is 72.8 Å². The fourth-order valence-corrected chi connectivity index (χ4v) is 5.81. The lowest BCUT2D eigenvalue weighted by Crippen LogP contribution is -2.37. The van der Waals surface area contributed by atoms with E-state index in [-0.39, 0.29) is 0 Å². The average Bonchev–Trinajstić information content (AvgIpc) is 3.11. The maximum Gasteiger partial charge on any atom is 0.0954 e. The lowest BCUT2D eigenvalue weighted by Gasteiger charge is -2.33. The topological polar surface area (TPSA) is 23.5 Å². The van der Waals surface area contributed by atoms with Gasteiger partial charge in [-0.1, -0.05) is 72.8 Å². The van der Waals surface area contributed by atoms with Gasteiger partial charge in [-0.15, -0.1) is 0 Å². The normalized spacial score (nSPS) is 23.9. The molecule has 2 heteroatoms. The second-order valence-electron chi connectivity index (χ2n) is 9.62. The lowest BCUT2D eigenvalue weighted by molar-refractivity contribution is 0.0177. The van der Waals surface area contributed by atoms with Gasteiger partial charge in [0.2, 0.25) is 0 Å². The molecule has 2 heterocycles. The summed E-state index contributed by atoms with van der Waals surface area (Å²) in [6, 6.07) is 25.3. The van der Waals surface area contributed by atoms with Crippen molar-refractivity contribution in [2.45, 2.75) is 44.1 Å². The van der Waals surface area contributed by atoms with Crippen LogP contribution in [-0.2, 0) is 12.0 Å². The molecule has 30 heavy (non-hydrogen) atoms. The molecule has 3 aromatic rings. The molecule has 2 aliphatic heterocycles. The van der Waals surface area contributed by atoms with E-state index in [1.165, 1.54) is 55.1 Å². The number of aliphatic hydroxyl groups is 1. The molecule has 2 nitrogen and oxygen atoms in total. The van der Waals surface area contributed by atoms with Crippen LogP contribution in [0.4, 0.5) is 0 Å². The first-order chi connectivity index (χ1) is 14.7. The molecule has 6 rings (SSSR count). The summed E-state index contributed by atoms with van der Waals surface area (Å²) in [5.41, 5.74) is 1.40. The van der Waals surface area contributed by atoms with Crippen LogP contribution in [0, 0.1) is 11.8 Å². The predicted octanol–water partition coefficient (Wildman–Crippen LogP) is 5.78. The van der Waals surface area contributed by atoms with Crippen molar-refractivity contribution in [1.29, 1.82) is 0 Å². The van der Waals surface area contributed by atoms with Gasteiger partial charge in [0.1, 0.15) is 0 Å². The Bertz CT molecular complexity index is 957. The van der Waals surface area contributed by atoms with Crippen molar-refractivity contribution in [3.8, 4) is 0 Å². The summed E-state index contributed by atoms with van der Waals surface area (Å²) in [6.45, 7) is 3.40. The monoisotopic (exact) mass is 399 g/mol. The minimum absolute atomic E-state index is 0.655. The molecule has 0 amide bonds. The molecular weight excluding hydrogens is 366 g/mol. The van der Waals surface area contributed by atoms with E-state index in [1.807, 2.05) is 6.07 Å². The van der Waals surface area contributed by atoms with E-state index < -0.39 is 5.60 Å². The van der Waals surface area contributed by atoms with E-state index in [0.29, 0.717) is 6.42 Å². The highest BCUT2D eigenvalue weighted by Crippen LogP contribution is 2.37. The number of rotatable bonds is 6. The molecular formula is C28H33NO. The molecule has 0 unspecified atom stereocenters. The van der Waals surface area contributed by atoms with Crippen LogP contribution in [0.3, 0.4) is 0 Å². The highest BCUT2D eigenvalue weighted by Gasteiger charge is 2.34. The first-order valence-electron chi connectivity index (χ1n) is 11.7. The molecule has 1 atom stereocenters. The van der Waals surface area contributed by atoms with E-state index >= 15 is 0 Å². The van der Waals surface area contributed by atoms with Crippen molar-refractivity contribution in [3.63, 3.8) is 0 Å². The van der Waals surface area contributed by atoms with Gasteiger partial charge < -0.3 is 10.0 Å². The number of benzene rings is 3. The molecule has 2 saturated heterocycles. The molecule has 2 bridgehead atoms. The second-order valence-corrected chi connectivity index (χ2v) is 9.62. The molecule has 1 saturated carbocycles. The van der Waals surface area contributed by atoms with Crippen molar-refractivity contribution in [2.24, 2.45) is 11.8 Å². The molecule has 156 valence electrons. The number of fused-ring (bicyclic) bond motifs is 5. The van der Waals surface area contributed by atoms with Crippen LogP contribution < -0.4 is 0 Å². The van der Waals surface area contributed by atoms with Gasteiger partial charge in [-0.3, -0.25) is 0 Å². The minimum Gasteiger partial charge on any atom is -0.385 e. The zero-order valence-electron chi connectivity index (χ0n) is 17.8. The molecule has 0 aromatic heterocycles. The Kier molecular flexibility index (Phi) is 5.62. The third kappa shape index (κ3) is 4.17. The maximum atomic E-state index is 12.2. The van der Waals surface area contributed by atoms with E-state index in [2.05, 4.69) is 71.6 Å². The Balaban J connectivity index is 1.45. The second kappa shape index (κ2) is 8.53. The number of hydrogen-bond donors (Lipinski definition) is 1. The SMILES string of the molecule is O[C@](CCN1CC2CCC(CC2)C1)(Cc1ccccc1)c1cccc2ccccc12. The first kappa shape index (κ1) is 19.8. The van der Waals surface area contributed by atoms with Gasteiger partial charge in [-0.25, -0.2) is 0 Å². The Hall–Kier alpha value is -2.16. The highest BCUT2D eigenvalue weighted by molar-refractivity contribution is 5.86. The van der Waals surface area contributed by atoms with Crippen LogP contribution in [0.1, 0.15) is 43.2 Å². The summed E-state index contributed by atoms with van der Waals surface area (Å²) >= 11 is 0. The zero-order chi connectivity index (χ0) is 20.4. The molecule has 1 N–H and O–H groups in total. The number of hydrogen-bond acceptors (Lipinski definition) is 2. The van der Waals surface area contributed by atoms with E-state index in [9.17, 15) is 5.11 Å². The van der Waals surface area contributed by atoms with Crippen molar-refractivity contribution < 1.29 is 5.11 Å². The Morgan fingerprint density at radius 1 is 0.767 bits per heavy atom. The summed E-state index contributed by atoms with van der Waals surface area (Å²) in [7, 11) is 0. The van der Waals surface area contributed by atoms with Gasteiger partial charge in [0.15, 0.2) is 0 Å². The minimum atomic E-state index is -0.867. The van der Waals surface area contributed by atoms with Crippen LogP contribution in [0.2, 0.25) is 0 Å². The predicted molar refractivity (Wildman–Crippen MR) is 124 cm³/mol. The van der Waals surface area contributed by atoms with E-state index in [1.54, 1.807) is 0 Å². The van der Waals surface area contributed by atoms with Gasteiger partial charge in [-0.2, -0.15) is 0 Å². The molecule has 3 fully saturated rings. The molecule has 1 aliphatic carbocycles. The van der Waals surface area contributed by atoms with Crippen LogP contribution in [0.5, 0.6) is 0 Å². The van der Waals surface area contributed by atoms with Crippen LogP contribution >= 0.6 is 0 Å². The highest BCUT2D eigenvalue weighted by atomic mass is 16.3. The standard InChI is InChI=1S/C28H33NO/c30-28(19-22-7-2-1-3-8-22,27-12-6-10-25-9-4-5-11-26(25)27)17-18-29-20-23-13-14-24(21-29)16-15-23/h1-12,23-24,30H,13-21H2/t23?,24?,28-/m1/s1. The van der Waals surface area contributed by atoms with Gasteiger partial charge in [0.25, 0.3) is 0 Å². The number of nitrogens with zero attached hydrogens (tertiary/aromatic N) is 1. The third-order valence-corrected chi connectivity index (χ3v) is 7.47. The molecule has 3 aromatic carbocycles. The quantitative estimate of drug-likeness (QED) is 0.568. The Morgan fingerprint density at radius 2 is 1.40 bits per heavy atom. The van der Waals surface area contributed by atoms with Crippen molar-refractivity contribution in [2.75, 3.05) is 19.6 Å². The fourth-order valence-electron chi connectivity index (χ4n) is 5.81. The molecule has 0 radical (unpaired) electrons. The zero-order valence-corrected chi connectivity index (χ0v) is 17.8. The van der Waals surface area contributed by atoms with Gasteiger partial charge in [0.05, 0.1) is 5.60 Å². The molecule has 0 spiro atoms. The first-order valence-corrected chi connectivity index (χ1v) is 11.7.